The largest absolute Gasteiger partial charge is 0.458 e. The zero-order valence-electron chi connectivity index (χ0n) is 10.2. The summed E-state index contributed by atoms with van der Waals surface area (Å²) >= 11 is 0. The Kier molecular flexibility index (Phi) is 4.28. The Morgan fingerprint density at radius 1 is 1.33 bits per heavy atom. The summed E-state index contributed by atoms with van der Waals surface area (Å²) < 4.78 is 10.4. The van der Waals surface area contributed by atoms with E-state index in [-0.39, 0.29) is 6.61 Å². The van der Waals surface area contributed by atoms with Gasteiger partial charge < -0.3 is 14.3 Å². The van der Waals surface area contributed by atoms with Gasteiger partial charge in [0.25, 0.3) is 0 Å². The Labute approximate surface area is 106 Å². The molecule has 4 heteroatoms. The van der Waals surface area contributed by atoms with Crippen molar-refractivity contribution in [1.29, 1.82) is 0 Å². The highest BCUT2D eigenvalue weighted by molar-refractivity contribution is 5.78. The van der Waals surface area contributed by atoms with E-state index in [2.05, 4.69) is 4.99 Å². The maximum absolute atomic E-state index is 9.03. The van der Waals surface area contributed by atoms with Crippen LogP contribution in [0, 0.1) is 0 Å². The van der Waals surface area contributed by atoms with Gasteiger partial charge in [-0.3, -0.25) is 4.99 Å². The lowest BCUT2D eigenvalue weighted by molar-refractivity contribution is 0.164. The number of nitrogens with zero attached hydrogens (tertiary/aromatic N) is 1. The number of hydrogen-bond acceptors (Lipinski definition) is 4. The van der Waals surface area contributed by atoms with Gasteiger partial charge in [0.1, 0.15) is 18.1 Å². The molecule has 0 unspecified atom stereocenters. The first kappa shape index (κ1) is 12.5. The van der Waals surface area contributed by atoms with E-state index in [9.17, 15) is 0 Å². The molecule has 0 spiro atoms. The van der Waals surface area contributed by atoms with Gasteiger partial charge in [-0.1, -0.05) is 12.1 Å². The number of aliphatic imine (C=N–C) groups is 1. The summed E-state index contributed by atoms with van der Waals surface area (Å²) in [6, 6.07) is 11.1. The van der Waals surface area contributed by atoms with Crippen molar-refractivity contribution in [2.24, 2.45) is 4.99 Å². The molecule has 94 valence electrons. The first-order valence-electron chi connectivity index (χ1n) is 5.63. The summed E-state index contributed by atoms with van der Waals surface area (Å²) in [5, 5.41) is 9.03. The molecule has 0 saturated carbocycles. The zero-order valence-corrected chi connectivity index (χ0v) is 10.2. The molecule has 0 bridgehead atoms. The van der Waals surface area contributed by atoms with Crippen LogP contribution in [0.15, 0.2) is 45.8 Å². The molecule has 0 amide bonds. The summed E-state index contributed by atoms with van der Waals surface area (Å²) in [4.78, 5) is 4.29. The standard InChI is InChI=1S/C14H15NO3/c1-17-10-14-6-5-13(18-14)8-15-12-4-2-3-11(7-12)9-16/h2-8,16H,9-10H2,1H3. The zero-order chi connectivity index (χ0) is 12.8. The molecule has 2 rings (SSSR count). The predicted octanol–water partition coefficient (Wildman–Crippen LogP) is 2.67. The SMILES string of the molecule is COCc1ccc(C=Nc2cccc(CO)c2)o1. The number of methoxy groups -OCH3 is 1. The number of benzene rings is 1. The Morgan fingerprint density at radius 3 is 3.00 bits per heavy atom. The monoisotopic (exact) mass is 245 g/mol. The first-order valence-corrected chi connectivity index (χ1v) is 5.63. The molecule has 18 heavy (non-hydrogen) atoms. The Balaban J connectivity index is 2.08. The Bertz CT molecular complexity index is 531. The highest BCUT2D eigenvalue weighted by atomic mass is 16.5. The fourth-order valence-electron chi connectivity index (χ4n) is 1.56. The van der Waals surface area contributed by atoms with Crippen LogP contribution >= 0.6 is 0 Å². The summed E-state index contributed by atoms with van der Waals surface area (Å²) in [6.07, 6.45) is 1.65. The average molecular weight is 245 g/mol. The topological polar surface area (TPSA) is 55.0 Å². The van der Waals surface area contributed by atoms with Crippen molar-refractivity contribution >= 4 is 11.9 Å². The van der Waals surface area contributed by atoms with Crippen LogP contribution in [-0.4, -0.2) is 18.4 Å². The predicted molar refractivity (Wildman–Crippen MR) is 69.0 cm³/mol. The van der Waals surface area contributed by atoms with Crippen LogP contribution in [0.4, 0.5) is 5.69 Å². The molecular formula is C14H15NO3. The second kappa shape index (κ2) is 6.14. The lowest BCUT2D eigenvalue weighted by Gasteiger charge is -1.97. The molecule has 1 heterocycles. The van der Waals surface area contributed by atoms with Gasteiger partial charge in [0.05, 0.1) is 18.5 Å². The van der Waals surface area contributed by atoms with E-state index in [1.165, 1.54) is 0 Å². The van der Waals surface area contributed by atoms with Crippen molar-refractivity contribution in [2.45, 2.75) is 13.2 Å². The third kappa shape index (κ3) is 3.29. The van der Waals surface area contributed by atoms with Crippen molar-refractivity contribution in [1.82, 2.24) is 0 Å². The molecule has 0 saturated heterocycles. The van der Waals surface area contributed by atoms with E-state index >= 15 is 0 Å². The van der Waals surface area contributed by atoms with Crippen molar-refractivity contribution < 1.29 is 14.3 Å². The minimum Gasteiger partial charge on any atom is -0.458 e. The third-order valence-corrected chi connectivity index (χ3v) is 2.40. The van der Waals surface area contributed by atoms with Gasteiger partial charge in [0, 0.05) is 7.11 Å². The number of ether oxygens (including phenoxy) is 1. The molecule has 0 atom stereocenters. The molecule has 0 aliphatic rings. The highest BCUT2D eigenvalue weighted by Gasteiger charge is 1.99. The number of hydrogen-bond donors (Lipinski definition) is 1. The molecule has 0 fully saturated rings. The van der Waals surface area contributed by atoms with Gasteiger partial charge in [0.2, 0.25) is 0 Å². The molecule has 2 aromatic rings. The van der Waals surface area contributed by atoms with E-state index in [4.69, 9.17) is 14.3 Å². The molecule has 4 nitrogen and oxygen atoms in total. The van der Waals surface area contributed by atoms with E-state index in [1.54, 1.807) is 13.3 Å². The quantitative estimate of drug-likeness (QED) is 0.824. The Morgan fingerprint density at radius 2 is 2.22 bits per heavy atom. The van der Waals surface area contributed by atoms with Crippen LogP contribution in [0.2, 0.25) is 0 Å². The summed E-state index contributed by atoms with van der Waals surface area (Å²) in [7, 11) is 1.62. The molecule has 0 aliphatic carbocycles. The van der Waals surface area contributed by atoms with Gasteiger partial charge in [-0.05, 0) is 29.8 Å². The van der Waals surface area contributed by atoms with E-state index in [0.29, 0.717) is 12.4 Å². The average Bonchev–Trinajstić information content (AvgIpc) is 2.85. The van der Waals surface area contributed by atoms with Crippen molar-refractivity contribution in [2.75, 3.05) is 7.11 Å². The van der Waals surface area contributed by atoms with Crippen molar-refractivity contribution in [3.63, 3.8) is 0 Å². The minimum atomic E-state index is 0.0160. The van der Waals surface area contributed by atoms with Gasteiger partial charge >= 0.3 is 0 Å². The van der Waals surface area contributed by atoms with E-state index in [0.717, 1.165) is 17.0 Å². The smallest absolute Gasteiger partial charge is 0.145 e. The van der Waals surface area contributed by atoms with Crippen molar-refractivity contribution in [3.05, 3.63) is 53.5 Å². The lowest BCUT2D eigenvalue weighted by atomic mass is 10.2. The normalized spacial score (nSPS) is 11.2. The lowest BCUT2D eigenvalue weighted by Crippen LogP contribution is -1.83. The van der Waals surface area contributed by atoms with Gasteiger partial charge in [-0.25, -0.2) is 0 Å². The fourth-order valence-corrected chi connectivity index (χ4v) is 1.56. The van der Waals surface area contributed by atoms with E-state index < -0.39 is 0 Å². The maximum atomic E-state index is 9.03. The van der Waals surface area contributed by atoms with Crippen LogP contribution in [0.3, 0.4) is 0 Å². The maximum Gasteiger partial charge on any atom is 0.145 e. The Hall–Kier alpha value is -1.91. The van der Waals surface area contributed by atoms with Crippen LogP contribution in [0.1, 0.15) is 17.1 Å². The molecule has 1 aromatic heterocycles. The highest BCUT2D eigenvalue weighted by Crippen LogP contribution is 2.15. The fraction of sp³-hybridized carbons (Fsp3) is 0.214. The van der Waals surface area contributed by atoms with Gasteiger partial charge in [-0.2, -0.15) is 0 Å². The third-order valence-electron chi connectivity index (χ3n) is 2.40. The number of rotatable bonds is 5. The van der Waals surface area contributed by atoms with E-state index in [1.807, 2.05) is 36.4 Å². The van der Waals surface area contributed by atoms with Crippen LogP contribution in [0.25, 0.3) is 0 Å². The van der Waals surface area contributed by atoms with Crippen LogP contribution < -0.4 is 0 Å². The summed E-state index contributed by atoms with van der Waals surface area (Å²) in [5.74, 6) is 1.44. The second-order valence-electron chi connectivity index (χ2n) is 3.82. The first-order chi connectivity index (χ1) is 8.81. The molecular weight excluding hydrogens is 230 g/mol. The molecule has 1 N–H and O–H groups in total. The number of furan rings is 1. The number of aliphatic hydroxyl groups is 1. The van der Waals surface area contributed by atoms with Gasteiger partial charge in [-0.15, -0.1) is 0 Å². The summed E-state index contributed by atoms with van der Waals surface area (Å²) in [5.41, 5.74) is 1.62. The van der Waals surface area contributed by atoms with Crippen LogP contribution in [0.5, 0.6) is 0 Å². The van der Waals surface area contributed by atoms with Crippen molar-refractivity contribution in [3.8, 4) is 0 Å². The number of aliphatic hydroxyl groups excluding tert-OH is 1. The van der Waals surface area contributed by atoms with Crippen LogP contribution in [-0.2, 0) is 18.0 Å². The molecule has 0 radical (unpaired) electrons. The molecule has 1 aromatic carbocycles. The second-order valence-corrected chi connectivity index (χ2v) is 3.82. The molecule has 0 aliphatic heterocycles. The minimum absolute atomic E-state index is 0.0160. The van der Waals surface area contributed by atoms with Gasteiger partial charge in [0.15, 0.2) is 0 Å². The summed E-state index contributed by atoms with van der Waals surface area (Å²) in [6.45, 7) is 0.468.